The van der Waals surface area contributed by atoms with E-state index in [1.165, 1.54) is 6.20 Å². The van der Waals surface area contributed by atoms with Crippen molar-refractivity contribution >= 4 is 17.3 Å². The lowest BCUT2D eigenvalue weighted by Crippen LogP contribution is -2.14. The molecule has 0 aliphatic rings. The Morgan fingerprint density at radius 3 is 1.92 bits per heavy atom. The van der Waals surface area contributed by atoms with E-state index in [1.807, 2.05) is 6.07 Å². The lowest BCUT2D eigenvalue weighted by Gasteiger charge is -2.06. The Labute approximate surface area is 140 Å². The van der Waals surface area contributed by atoms with E-state index in [9.17, 15) is 4.79 Å². The number of benzene rings is 2. The predicted octanol–water partition coefficient (Wildman–Crippen LogP) is 3.16. The molecule has 2 aromatic rings. The highest BCUT2D eigenvalue weighted by molar-refractivity contribution is 6.06. The third-order valence-corrected chi connectivity index (χ3v) is 3.19. The van der Waals surface area contributed by atoms with Gasteiger partial charge in [0.15, 0.2) is 0 Å². The molecular formula is C18H17N3O3. The van der Waals surface area contributed by atoms with Crippen LogP contribution in [0.2, 0.25) is 0 Å². The molecule has 0 atom stereocenters. The summed E-state index contributed by atoms with van der Waals surface area (Å²) in [5.74, 6) is 0.913. The maximum Gasteiger partial charge on any atom is 0.267 e. The van der Waals surface area contributed by atoms with Crippen LogP contribution in [0.4, 0.5) is 11.4 Å². The monoisotopic (exact) mass is 323 g/mol. The van der Waals surface area contributed by atoms with Crippen LogP contribution in [0.3, 0.4) is 0 Å². The molecule has 0 saturated heterocycles. The number of carbonyl (C=O) groups excluding carboxylic acids is 1. The van der Waals surface area contributed by atoms with Gasteiger partial charge in [0.1, 0.15) is 23.1 Å². The summed E-state index contributed by atoms with van der Waals surface area (Å²) in [4.78, 5) is 12.1. The van der Waals surface area contributed by atoms with Crippen LogP contribution in [-0.2, 0) is 4.79 Å². The number of amides is 1. The van der Waals surface area contributed by atoms with Gasteiger partial charge in [0.25, 0.3) is 5.91 Å². The summed E-state index contributed by atoms with van der Waals surface area (Å²) in [6.07, 6.45) is 1.36. The second-order valence-electron chi connectivity index (χ2n) is 4.73. The second kappa shape index (κ2) is 8.25. The first-order valence-electron chi connectivity index (χ1n) is 7.12. The van der Waals surface area contributed by atoms with Gasteiger partial charge in [-0.25, -0.2) is 0 Å². The maximum atomic E-state index is 12.1. The van der Waals surface area contributed by atoms with E-state index in [-0.39, 0.29) is 5.57 Å². The number of methoxy groups -OCH3 is 2. The van der Waals surface area contributed by atoms with Crippen molar-refractivity contribution in [1.29, 1.82) is 5.26 Å². The average Bonchev–Trinajstić information content (AvgIpc) is 2.63. The summed E-state index contributed by atoms with van der Waals surface area (Å²) in [5, 5.41) is 14.7. The van der Waals surface area contributed by atoms with Gasteiger partial charge in [0, 0.05) is 17.6 Å². The Balaban J connectivity index is 2.02. The van der Waals surface area contributed by atoms with Gasteiger partial charge < -0.3 is 20.1 Å². The lowest BCUT2D eigenvalue weighted by molar-refractivity contribution is -0.112. The highest BCUT2D eigenvalue weighted by atomic mass is 16.5. The normalized spacial score (nSPS) is 10.5. The molecule has 0 saturated carbocycles. The zero-order valence-corrected chi connectivity index (χ0v) is 13.4. The van der Waals surface area contributed by atoms with Gasteiger partial charge in [-0.2, -0.15) is 5.26 Å². The van der Waals surface area contributed by atoms with Crippen molar-refractivity contribution in [3.63, 3.8) is 0 Å². The van der Waals surface area contributed by atoms with Crippen molar-refractivity contribution in [2.45, 2.75) is 0 Å². The highest BCUT2D eigenvalue weighted by Crippen LogP contribution is 2.17. The number of nitrogens with one attached hydrogen (secondary N) is 2. The van der Waals surface area contributed by atoms with Crippen molar-refractivity contribution < 1.29 is 14.3 Å². The van der Waals surface area contributed by atoms with Crippen LogP contribution in [-0.4, -0.2) is 20.1 Å². The van der Waals surface area contributed by atoms with Gasteiger partial charge in [-0.05, 0) is 48.5 Å². The molecule has 0 unspecified atom stereocenters. The quantitative estimate of drug-likeness (QED) is 0.630. The second-order valence-corrected chi connectivity index (χ2v) is 4.73. The molecule has 0 aliphatic carbocycles. The molecule has 24 heavy (non-hydrogen) atoms. The molecule has 0 heterocycles. The van der Waals surface area contributed by atoms with E-state index in [2.05, 4.69) is 10.6 Å². The van der Waals surface area contributed by atoms with E-state index in [0.29, 0.717) is 11.4 Å². The van der Waals surface area contributed by atoms with Crippen LogP contribution < -0.4 is 20.1 Å². The lowest BCUT2D eigenvalue weighted by atomic mass is 10.2. The number of nitriles is 1. The fourth-order valence-corrected chi connectivity index (χ4v) is 1.86. The van der Waals surface area contributed by atoms with Gasteiger partial charge in [0.2, 0.25) is 0 Å². The summed E-state index contributed by atoms with van der Waals surface area (Å²) < 4.78 is 10.1. The minimum atomic E-state index is -0.497. The van der Waals surface area contributed by atoms with Crippen molar-refractivity contribution in [2.24, 2.45) is 0 Å². The topological polar surface area (TPSA) is 83.4 Å². The van der Waals surface area contributed by atoms with Gasteiger partial charge in [-0.1, -0.05) is 0 Å². The average molecular weight is 323 g/mol. The number of hydrogen-bond acceptors (Lipinski definition) is 5. The molecule has 0 radical (unpaired) electrons. The molecule has 2 N–H and O–H groups in total. The molecule has 0 bridgehead atoms. The fourth-order valence-electron chi connectivity index (χ4n) is 1.86. The standard InChI is InChI=1S/C18H17N3O3/c1-23-16-7-3-14(4-8-16)20-12-13(11-19)18(22)21-15-5-9-17(24-2)10-6-15/h3-10,12,20H,1-2H3,(H,21,22)/b13-12-. The molecule has 122 valence electrons. The largest absolute Gasteiger partial charge is 0.497 e. The first kappa shape index (κ1) is 16.9. The van der Waals surface area contributed by atoms with Crippen molar-refractivity contribution in [3.05, 3.63) is 60.3 Å². The van der Waals surface area contributed by atoms with Crippen LogP contribution >= 0.6 is 0 Å². The van der Waals surface area contributed by atoms with E-state index >= 15 is 0 Å². The zero-order chi connectivity index (χ0) is 17.4. The summed E-state index contributed by atoms with van der Waals surface area (Å²) >= 11 is 0. The SMILES string of the molecule is COc1ccc(N/C=C(/C#N)C(=O)Nc2ccc(OC)cc2)cc1. The zero-order valence-electron chi connectivity index (χ0n) is 13.4. The minimum absolute atomic E-state index is 0.0402. The van der Waals surface area contributed by atoms with Crippen LogP contribution in [0.5, 0.6) is 11.5 Å². The molecule has 0 fully saturated rings. The first-order valence-corrected chi connectivity index (χ1v) is 7.12. The third-order valence-electron chi connectivity index (χ3n) is 3.19. The number of rotatable bonds is 6. The molecule has 2 aromatic carbocycles. The molecule has 6 nitrogen and oxygen atoms in total. The smallest absolute Gasteiger partial charge is 0.267 e. The summed E-state index contributed by atoms with van der Waals surface area (Å²) in [5.41, 5.74) is 1.27. The molecule has 0 aliphatic heterocycles. The molecule has 0 spiro atoms. The molecule has 0 aromatic heterocycles. The number of nitrogens with zero attached hydrogens (tertiary/aromatic N) is 1. The Hall–Kier alpha value is -3.46. The minimum Gasteiger partial charge on any atom is -0.497 e. The van der Waals surface area contributed by atoms with Crippen LogP contribution in [0, 0.1) is 11.3 Å². The van der Waals surface area contributed by atoms with Gasteiger partial charge in [-0.3, -0.25) is 4.79 Å². The van der Waals surface area contributed by atoms with Gasteiger partial charge in [-0.15, -0.1) is 0 Å². The molecule has 1 amide bonds. The van der Waals surface area contributed by atoms with E-state index in [1.54, 1.807) is 62.8 Å². The molecule has 2 rings (SSSR count). The summed E-state index contributed by atoms with van der Waals surface area (Å²) in [6, 6.07) is 15.8. The van der Waals surface area contributed by atoms with Gasteiger partial charge >= 0.3 is 0 Å². The van der Waals surface area contributed by atoms with Crippen LogP contribution in [0.1, 0.15) is 0 Å². The highest BCUT2D eigenvalue weighted by Gasteiger charge is 2.09. The third kappa shape index (κ3) is 4.52. The summed E-state index contributed by atoms with van der Waals surface area (Å²) in [7, 11) is 3.15. The number of ether oxygens (including phenoxy) is 2. The van der Waals surface area contributed by atoms with Crippen LogP contribution in [0.15, 0.2) is 60.3 Å². The van der Waals surface area contributed by atoms with Crippen molar-refractivity contribution in [1.82, 2.24) is 0 Å². The first-order chi connectivity index (χ1) is 11.7. The number of hydrogen-bond donors (Lipinski definition) is 2. The van der Waals surface area contributed by atoms with Crippen molar-refractivity contribution in [3.8, 4) is 17.6 Å². The Morgan fingerprint density at radius 1 is 0.958 bits per heavy atom. The number of anilines is 2. The predicted molar refractivity (Wildman–Crippen MR) is 91.9 cm³/mol. The van der Waals surface area contributed by atoms with E-state index in [4.69, 9.17) is 14.7 Å². The molecular weight excluding hydrogens is 306 g/mol. The van der Waals surface area contributed by atoms with Crippen molar-refractivity contribution in [2.75, 3.05) is 24.9 Å². The Kier molecular flexibility index (Phi) is 5.81. The van der Waals surface area contributed by atoms with E-state index in [0.717, 1.165) is 11.4 Å². The van der Waals surface area contributed by atoms with Crippen LogP contribution in [0.25, 0.3) is 0 Å². The van der Waals surface area contributed by atoms with Gasteiger partial charge in [0.05, 0.1) is 14.2 Å². The summed E-state index contributed by atoms with van der Waals surface area (Å²) in [6.45, 7) is 0. The Bertz CT molecular complexity index is 760. The molecule has 6 heteroatoms. The fraction of sp³-hybridized carbons (Fsp3) is 0.111. The van der Waals surface area contributed by atoms with E-state index < -0.39 is 5.91 Å². The number of carbonyl (C=O) groups is 1. The Morgan fingerprint density at radius 2 is 1.46 bits per heavy atom. The maximum absolute atomic E-state index is 12.1.